The Morgan fingerprint density at radius 2 is 1.17 bits per heavy atom. The van der Waals surface area contributed by atoms with E-state index in [9.17, 15) is 5.11 Å². The van der Waals surface area contributed by atoms with E-state index >= 15 is 0 Å². The summed E-state index contributed by atoms with van der Waals surface area (Å²) < 4.78 is 0. The second-order valence-electron chi connectivity index (χ2n) is 5.05. The fourth-order valence-electron chi connectivity index (χ4n) is 1.82. The summed E-state index contributed by atoms with van der Waals surface area (Å²) in [6.45, 7) is 6.28. The molecule has 10 radical (unpaired) electrons. The summed E-state index contributed by atoms with van der Waals surface area (Å²) in [5.41, 5.74) is 1.11. The van der Waals surface area contributed by atoms with Gasteiger partial charge in [0.1, 0.15) is 0 Å². The first kappa shape index (κ1) is 25.8. The van der Waals surface area contributed by atoms with Crippen molar-refractivity contribution in [2.75, 3.05) is 0 Å². The second kappa shape index (κ2) is 20.6. The summed E-state index contributed by atoms with van der Waals surface area (Å²) in [6.07, 6.45) is 28.0. The smallest absolute Gasteiger partial charge is 0.0431 e. The van der Waals surface area contributed by atoms with Crippen molar-refractivity contribution in [2.24, 2.45) is 0 Å². The minimum atomic E-state index is -0.253. The van der Waals surface area contributed by atoms with E-state index in [1.807, 2.05) is 71.1 Å². The number of allylic oxidation sites excluding steroid dienone is 1. The molecule has 0 aliphatic heterocycles. The zero-order valence-electron chi connectivity index (χ0n) is 14.8. The Hall–Kier alpha value is 0.583. The third-order valence-electron chi connectivity index (χ3n) is 3.02. The van der Waals surface area contributed by atoms with Gasteiger partial charge in [-0.1, -0.05) is 40.0 Å². The Morgan fingerprint density at radius 3 is 1.43 bits per heavy atom. The number of rotatable bonds is 6. The van der Waals surface area contributed by atoms with Crippen LogP contribution in [0.4, 0.5) is 0 Å². The molecule has 0 aromatic rings. The summed E-state index contributed by atoms with van der Waals surface area (Å²) in [5, 5.41) is 9.58. The van der Waals surface area contributed by atoms with E-state index in [4.69, 9.17) is 0 Å². The van der Waals surface area contributed by atoms with Crippen molar-refractivity contribution < 1.29 is 31.3 Å². The van der Waals surface area contributed by atoms with Crippen LogP contribution in [0, 0.1) is 70.3 Å². The normalized spacial score (nSPS) is 18.2. The minimum absolute atomic E-state index is 0. The Morgan fingerprint density at radius 1 is 0.783 bits per heavy atom. The van der Waals surface area contributed by atoms with Crippen molar-refractivity contribution in [3.8, 4) is 0 Å². The molecule has 2 aliphatic carbocycles. The molecule has 0 bridgehead atoms. The number of aliphatic hydroxyl groups is 1. The van der Waals surface area contributed by atoms with E-state index in [0.29, 0.717) is 0 Å². The fourth-order valence-corrected chi connectivity index (χ4v) is 1.82. The van der Waals surface area contributed by atoms with Crippen LogP contribution in [0.15, 0.2) is 5.57 Å². The Kier molecular flexibility index (Phi) is 23.2. The molecule has 1 nitrogen and oxygen atoms in total. The topological polar surface area (TPSA) is 20.2 Å². The Bertz CT molecular complexity index is 217. The van der Waals surface area contributed by atoms with E-state index in [-0.39, 0.29) is 32.3 Å². The number of aliphatic hydroxyl groups excluding tert-OH is 1. The van der Waals surface area contributed by atoms with E-state index < -0.39 is 0 Å². The Balaban J connectivity index is 0. The maximum Gasteiger partial charge on any atom is 0.0431 e. The molecule has 2 saturated carbocycles. The average molecular weight is 391 g/mol. The molecule has 0 amide bonds. The summed E-state index contributed by atoms with van der Waals surface area (Å²) in [7, 11) is 0. The third-order valence-corrected chi connectivity index (χ3v) is 3.02. The summed E-state index contributed by atoms with van der Waals surface area (Å²) >= 11 is 0. The monoisotopic (exact) mass is 389 g/mol. The van der Waals surface area contributed by atoms with E-state index in [2.05, 4.69) is 19.9 Å². The van der Waals surface area contributed by atoms with Crippen molar-refractivity contribution in [1.29, 1.82) is 0 Å². The van der Waals surface area contributed by atoms with Crippen molar-refractivity contribution in [3.63, 3.8) is 0 Å². The first-order valence-electron chi connectivity index (χ1n) is 8.37. The predicted octanol–water partition coefficient (Wildman–Crippen LogP) is 5.13. The molecule has 2 aliphatic rings. The standard InChI is InChI=1S/C11H21O.2C5H5.Zr/c1-4-7-9-10(8-5-2)11(12)6-3;2*1-2-4-5-3-1;/h11-12H,4-8H2,1-3H3;2*1-5H;/q-1;;;. The van der Waals surface area contributed by atoms with Gasteiger partial charge in [0.2, 0.25) is 0 Å². The summed E-state index contributed by atoms with van der Waals surface area (Å²) in [6, 6.07) is 0. The molecular weight excluding hydrogens is 359 g/mol. The number of unbranched alkanes of at least 4 members (excludes halogenated alkanes) is 1. The molecule has 2 heteroatoms. The van der Waals surface area contributed by atoms with Gasteiger partial charge < -0.3 is 11.2 Å². The van der Waals surface area contributed by atoms with Crippen LogP contribution in [-0.2, 0) is 26.2 Å². The molecule has 1 unspecified atom stereocenters. The molecule has 0 heterocycles. The van der Waals surface area contributed by atoms with Crippen LogP contribution in [0.5, 0.6) is 0 Å². The molecule has 0 saturated heterocycles. The molecule has 2 fully saturated rings. The first-order valence-corrected chi connectivity index (χ1v) is 8.37. The average Bonchev–Trinajstić information content (AvgIpc) is 3.28. The maximum absolute atomic E-state index is 9.58. The largest absolute Gasteiger partial charge is 0.495 e. The molecule has 0 spiro atoms. The van der Waals surface area contributed by atoms with Gasteiger partial charge in [-0.3, -0.25) is 0 Å². The van der Waals surface area contributed by atoms with Crippen LogP contribution in [-0.4, -0.2) is 11.2 Å². The van der Waals surface area contributed by atoms with Gasteiger partial charge in [0, 0.05) is 32.3 Å². The molecule has 0 aromatic heterocycles. The van der Waals surface area contributed by atoms with Gasteiger partial charge in [-0.2, -0.15) is 6.42 Å². The predicted molar refractivity (Wildman–Crippen MR) is 95.9 cm³/mol. The van der Waals surface area contributed by atoms with Crippen LogP contribution >= 0.6 is 0 Å². The summed E-state index contributed by atoms with van der Waals surface area (Å²) in [4.78, 5) is 0. The van der Waals surface area contributed by atoms with Gasteiger partial charge in [-0.05, 0) is 70.6 Å². The summed E-state index contributed by atoms with van der Waals surface area (Å²) in [5.74, 6) is 0. The van der Waals surface area contributed by atoms with Gasteiger partial charge in [-0.25, -0.2) is 5.57 Å². The SMILES string of the molecule is CCC[C-]=C(CCC)C(O)CC.[CH]1[CH][CH][CH][CH]1.[CH]1[CH][CH][CH][CH]1.[Zr]. The Labute approximate surface area is 165 Å². The van der Waals surface area contributed by atoms with Crippen LogP contribution in [0.25, 0.3) is 0 Å². The van der Waals surface area contributed by atoms with Crippen molar-refractivity contribution in [2.45, 2.75) is 59.0 Å². The van der Waals surface area contributed by atoms with Gasteiger partial charge in [0.05, 0.1) is 0 Å². The quantitative estimate of drug-likeness (QED) is 0.624. The zero-order chi connectivity index (χ0) is 16.5. The van der Waals surface area contributed by atoms with Crippen molar-refractivity contribution in [3.05, 3.63) is 75.9 Å². The van der Waals surface area contributed by atoms with Gasteiger partial charge in [0.15, 0.2) is 0 Å². The van der Waals surface area contributed by atoms with E-state index in [0.717, 1.165) is 37.7 Å². The molecule has 1 atom stereocenters. The van der Waals surface area contributed by atoms with Crippen LogP contribution < -0.4 is 0 Å². The van der Waals surface area contributed by atoms with Crippen molar-refractivity contribution in [1.82, 2.24) is 0 Å². The van der Waals surface area contributed by atoms with Gasteiger partial charge in [-0.15, -0.1) is 0 Å². The van der Waals surface area contributed by atoms with Crippen LogP contribution in [0.3, 0.4) is 0 Å². The fraction of sp³-hybridized carbons (Fsp3) is 0.429. The van der Waals surface area contributed by atoms with Crippen molar-refractivity contribution >= 4 is 0 Å². The third kappa shape index (κ3) is 17.2. The number of hydrogen-bond acceptors (Lipinski definition) is 1. The molecule has 0 aromatic carbocycles. The van der Waals surface area contributed by atoms with E-state index in [1.54, 1.807) is 0 Å². The number of hydrogen-bond donors (Lipinski definition) is 1. The molecular formula is C21H31OZr-. The molecule has 23 heavy (non-hydrogen) atoms. The van der Waals surface area contributed by atoms with Gasteiger partial charge >= 0.3 is 0 Å². The maximum atomic E-state index is 9.58. The molecule has 126 valence electrons. The van der Waals surface area contributed by atoms with Crippen LogP contribution in [0.2, 0.25) is 0 Å². The van der Waals surface area contributed by atoms with Crippen LogP contribution in [0.1, 0.15) is 52.9 Å². The minimum Gasteiger partial charge on any atom is -0.495 e. The van der Waals surface area contributed by atoms with Gasteiger partial charge in [0.25, 0.3) is 0 Å². The zero-order valence-corrected chi connectivity index (χ0v) is 17.3. The molecule has 2 rings (SSSR count). The van der Waals surface area contributed by atoms with E-state index in [1.165, 1.54) is 0 Å². The second-order valence-corrected chi connectivity index (χ2v) is 5.05. The molecule has 1 N–H and O–H groups in total. The first-order chi connectivity index (χ1) is 10.8.